The Hall–Kier alpha value is -4.39. The van der Waals surface area contributed by atoms with Crippen molar-refractivity contribution in [1.29, 1.82) is 0 Å². The van der Waals surface area contributed by atoms with E-state index in [0.29, 0.717) is 23.7 Å². The minimum absolute atomic E-state index is 0.156. The predicted octanol–water partition coefficient (Wildman–Crippen LogP) is 10.9. The minimum atomic E-state index is -0.575. The molecule has 0 N–H and O–H groups in total. The topological polar surface area (TPSA) is 88.1 Å². The number of carbonyl (C=O) groups excluding carboxylic acids is 3. The molecular weight excluding hydrogens is 616 g/mol. The fraction of sp³-hybridized carbons (Fsp3) is 0.452. The van der Waals surface area contributed by atoms with E-state index in [1.165, 1.54) is 88.1 Å². The van der Waals surface area contributed by atoms with Gasteiger partial charge in [0.2, 0.25) is 0 Å². The average molecular weight is 671 g/mol. The summed E-state index contributed by atoms with van der Waals surface area (Å²) in [6.45, 7) is 7.02. The third-order valence-electron chi connectivity index (χ3n) is 8.19. The molecule has 0 amide bonds. The molecule has 3 aromatic carbocycles. The standard InChI is InChI=1S/C42H54O7/c1-4-6-8-10-11-12-13-14-16-32-46-37-25-18-34(19-26-37)20-31-40(43)48-38-27-21-36(22-28-38)42(45)49-39-29-23-35(24-30-39)41(44)47-33(3)17-15-9-7-5-2/h18-31,33H,4-17,32H2,1-3H3/b31-20+/t33-/m0/s1. The highest BCUT2D eigenvalue weighted by atomic mass is 16.5. The first-order chi connectivity index (χ1) is 23.9. The van der Waals surface area contributed by atoms with Crippen molar-refractivity contribution in [1.82, 2.24) is 0 Å². The fourth-order valence-electron chi connectivity index (χ4n) is 5.24. The molecule has 0 aliphatic heterocycles. The van der Waals surface area contributed by atoms with Crippen LogP contribution in [0.3, 0.4) is 0 Å². The monoisotopic (exact) mass is 670 g/mol. The Morgan fingerprint density at radius 3 is 1.65 bits per heavy atom. The maximum absolute atomic E-state index is 12.6. The summed E-state index contributed by atoms with van der Waals surface area (Å²) < 4.78 is 22.2. The summed E-state index contributed by atoms with van der Waals surface area (Å²) in [5.41, 5.74) is 1.53. The number of hydrogen-bond acceptors (Lipinski definition) is 7. The lowest BCUT2D eigenvalue weighted by Crippen LogP contribution is -2.15. The first-order valence-electron chi connectivity index (χ1n) is 18.1. The first kappa shape index (κ1) is 39.1. The van der Waals surface area contributed by atoms with Crippen LogP contribution in [0.2, 0.25) is 0 Å². The van der Waals surface area contributed by atoms with Crippen molar-refractivity contribution in [3.8, 4) is 17.2 Å². The Morgan fingerprint density at radius 2 is 1.06 bits per heavy atom. The van der Waals surface area contributed by atoms with Crippen molar-refractivity contribution in [2.45, 2.75) is 117 Å². The lowest BCUT2D eigenvalue weighted by Gasteiger charge is -2.13. The molecular formula is C42H54O7. The van der Waals surface area contributed by atoms with Gasteiger partial charge in [0.1, 0.15) is 17.2 Å². The molecule has 0 aliphatic rings. The van der Waals surface area contributed by atoms with Gasteiger partial charge in [0.25, 0.3) is 0 Å². The van der Waals surface area contributed by atoms with Gasteiger partial charge in [-0.1, -0.05) is 96.6 Å². The van der Waals surface area contributed by atoms with Crippen LogP contribution in [0, 0.1) is 0 Å². The summed E-state index contributed by atoms with van der Waals surface area (Å²) in [6, 6.07) is 20.0. The van der Waals surface area contributed by atoms with E-state index < -0.39 is 17.9 Å². The molecule has 3 rings (SSSR count). The zero-order valence-electron chi connectivity index (χ0n) is 29.6. The van der Waals surface area contributed by atoms with Crippen molar-refractivity contribution in [2.75, 3.05) is 6.61 Å². The molecule has 0 unspecified atom stereocenters. The molecule has 0 bridgehead atoms. The third-order valence-corrected chi connectivity index (χ3v) is 8.19. The minimum Gasteiger partial charge on any atom is -0.494 e. The number of benzene rings is 3. The lowest BCUT2D eigenvalue weighted by molar-refractivity contribution is -0.128. The van der Waals surface area contributed by atoms with Gasteiger partial charge in [-0.25, -0.2) is 14.4 Å². The average Bonchev–Trinajstić information content (AvgIpc) is 3.11. The van der Waals surface area contributed by atoms with Gasteiger partial charge < -0.3 is 18.9 Å². The van der Waals surface area contributed by atoms with Crippen LogP contribution >= 0.6 is 0 Å². The Kier molecular flexibility index (Phi) is 18.4. The molecule has 0 radical (unpaired) electrons. The van der Waals surface area contributed by atoms with Crippen molar-refractivity contribution in [3.05, 3.63) is 95.6 Å². The van der Waals surface area contributed by atoms with E-state index in [4.69, 9.17) is 18.9 Å². The molecule has 3 aromatic rings. The van der Waals surface area contributed by atoms with E-state index in [0.717, 1.165) is 43.4 Å². The number of esters is 3. The molecule has 0 heterocycles. The molecule has 0 aromatic heterocycles. The van der Waals surface area contributed by atoms with Crippen LogP contribution in [-0.2, 0) is 9.53 Å². The molecule has 1 atom stereocenters. The zero-order valence-corrected chi connectivity index (χ0v) is 29.6. The van der Waals surface area contributed by atoms with E-state index in [1.807, 2.05) is 31.2 Å². The quantitative estimate of drug-likeness (QED) is 0.0429. The fourth-order valence-corrected chi connectivity index (χ4v) is 5.24. The number of unbranched alkanes of at least 4 members (excludes halogenated alkanes) is 11. The highest BCUT2D eigenvalue weighted by Gasteiger charge is 2.14. The Morgan fingerprint density at radius 1 is 0.571 bits per heavy atom. The normalized spacial score (nSPS) is 11.7. The molecule has 0 saturated heterocycles. The molecule has 0 spiro atoms. The van der Waals surface area contributed by atoms with E-state index in [2.05, 4.69) is 13.8 Å². The Labute approximate surface area is 293 Å². The predicted molar refractivity (Wildman–Crippen MR) is 195 cm³/mol. The van der Waals surface area contributed by atoms with Crippen LogP contribution in [0.5, 0.6) is 17.2 Å². The van der Waals surface area contributed by atoms with Gasteiger partial charge in [-0.3, -0.25) is 0 Å². The number of ether oxygens (including phenoxy) is 4. The molecule has 0 fully saturated rings. The van der Waals surface area contributed by atoms with Crippen molar-refractivity contribution in [3.63, 3.8) is 0 Å². The summed E-state index contributed by atoms with van der Waals surface area (Å²) in [7, 11) is 0. The Bertz CT molecular complexity index is 1410. The van der Waals surface area contributed by atoms with Gasteiger partial charge in [0.15, 0.2) is 0 Å². The van der Waals surface area contributed by atoms with Crippen molar-refractivity contribution in [2.24, 2.45) is 0 Å². The summed E-state index contributed by atoms with van der Waals surface area (Å²) in [5.74, 6) is -0.0988. The first-order valence-corrected chi connectivity index (χ1v) is 18.1. The highest BCUT2D eigenvalue weighted by Crippen LogP contribution is 2.19. The number of hydrogen-bond donors (Lipinski definition) is 0. The molecule has 0 aliphatic carbocycles. The van der Waals surface area contributed by atoms with Gasteiger partial charge in [0.05, 0.1) is 23.8 Å². The molecule has 49 heavy (non-hydrogen) atoms. The van der Waals surface area contributed by atoms with Gasteiger partial charge >= 0.3 is 17.9 Å². The lowest BCUT2D eigenvalue weighted by atomic mass is 10.1. The molecule has 7 heteroatoms. The molecule has 0 saturated carbocycles. The zero-order chi connectivity index (χ0) is 35.1. The van der Waals surface area contributed by atoms with Gasteiger partial charge in [-0.05, 0) is 98.5 Å². The van der Waals surface area contributed by atoms with Crippen LogP contribution in [0.15, 0.2) is 78.9 Å². The second kappa shape index (κ2) is 23.0. The second-order valence-electron chi connectivity index (χ2n) is 12.5. The summed E-state index contributed by atoms with van der Waals surface area (Å²) in [4.78, 5) is 37.5. The van der Waals surface area contributed by atoms with Crippen LogP contribution in [0.4, 0.5) is 0 Å². The van der Waals surface area contributed by atoms with Crippen LogP contribution < -0.4 is 14.2 Å². The van der Waals surface area contributed by atoms with Crippen molar-refractivity contribution < 1.29 is 33.3 Å². The molecule has 7 nitrogen and oxygen atoms in total. The van der Waals surface area contributed by atoms with E-state index in [9.17, 15) is 14.4 Å². The highest BCUT2D eigenvalue weighted by molar-refractivity contribution is 5.92. The second-order valence-corrected chi connectivity index (χ2v) is 12.5. The SMILES string of the molecule is CCCCCCCCCCCOc1ccc(/C=C/C(=O)Oc2ccc(C(=O)Oc3ccc(C(=O)O[C@@H](C)CCCCCC)cc3)cc2)cc1. The summed E-state index contributed by atoms with van der Waals surface area (Å²) >= 11 is 0. The number of carbonyl (C=O) groups is 3. The van der Waals surface area contributed by atoms with Crippen LogP contribution in [0.25, 0.3) is 6.08 Å². The van der Waals surface area contributed by atoms with Gasteiger partial charge in [0, 0.05) is 6.08 Å². The van der Waals surface area contributed by atoms with Crippen molar-refractivity contribution >= 4 is 24.0 Å². The maximum atomic E-state index is 12.6. The van der Waals surface area contributed by atoms with Gasteiger partial charge in [-0.2, -0.15) is 0 Å². The van der Waals surface area contributed by atoms with Crippen LogP contribution in [0.1, 0.15) is 137 Å². The third kappa shape index (κ3) is 16.0. The summed E-state index contributed by atoms with van der Waals surface area (Å²) in [5, 5.41) is 0. The van der Waals surface area contributed by atoms with Crippen LogP contribution in [-0.4, -0.2) is 30.6 Å². The van der Waals surface area contributed by atoms with E-state index >= 15 is 0 Å². The van der Waals surface area contributed by atoms with E-state index in [1.54, 1.807) is 30.3 Å². The Balaban J connectivity index is 1.35. The molecule has 264 valence electrons. The van der Waals surface area contributed by atoms with Gasteiger partial charge in [-0.15, -0.1) is 0 Å². The van der Waals surface area contributed by atoms with E-state index in [-0.39, 0.29) is 11.7 Å². The smallest absolute Gasteiger partial charge is 0.343 e. The summed E-state index contributed by atoms with van der Waals surface area (Å²) in [6.07, 6.45) is 19.7. The maximum Gasteiger partial charge on any atom is 0.343 e. The largest absolute Gasteiger partial charge is 0.494 e. The number of rotatable bonds is 23.